The second kappa shape index (κ2) is 33.2. The van der Waals surface area contributed by atoms with Crippen LogP contribution in [-0.4, -0.2) is 50.3 Å². The summed E-state index contributed by atoms with van der Waals surface area (Å²) in [5, 5.41) is 0. The minimum Gasteiger partial charge on any atom is -0.466 e. The Bertz CT molecular complexity index is 1750. The van der Waals surface area contributed by atoms with E-state index in [1.807, 2.05) is 0 Å². The number of carbonyl (C=O) groups excluding carboxylic acids is 4. The summed E-state index contributed by atoms with van der Waals surface area (Å²) >= 11 is 0. The lowest BCUT2D eigenvalue weighted by Gasteiger charge is -2.08. The molecule has 0 radical (unpaired) electrons. The lowest BCUT2D eigenvalue weighted by Crippen LogP contribution is -2.26. The molecule has 8 heteroatoms. The van der Waals surface area contributed by atoms with Gasteiger partial charge in [-0.3, -0.25) is 19.2 Å². The molecule has 0 saturated heterocycles. The molecule has 8 nitrogen and oxygen atoms in total. The zero-order valence-corrected chi connectivity index (χ0v) is 24.5. The number of rotatable bonds is 8. The number of hydrogen-bond donors (Lipinski definition) is 0. The van der Waals surface area contributed by atoms with Crippen molar-refractivity contribution in [1.82, 2.24) is 0 Å². The molecular weight excluding hydrogens is 572 g/mol. The summed E-state index contributed by atoms with van der Waals surface area (Å²) in [7, 11) is 0. The molecule has 0 aliphatic rings. The van der Waals surface area contributed by atoms with Crippen LogP contribution < -0.4 is 0 Å². The quantitative estimate of drug-likeness (QED) is 0.121. The van der Waals surface area contributed by atoms with Crippen molar-refractivity contribution in [3.05, 3.63) is 0 Å². The Hall–Kier alpha value is -6.96. The fraction of sp³-hybridized carbons (Fsp3) is 0.297. The Balaban J connectivity index is -0.0000000204. The minimum absolute atomic E-state index is 0. The lowest BCUT2D eigenvalue weighted by atomic mass is 10.1. The largest absolute Gasteiger partial charge is 0.466 e. The van der Waals surface area contributed by atoms with E-state index in [0.717, 1.165) is 0 Å². The molecular formula is C37H72O8. The van der Waals surface area contributed by atoms with Crippen molar-refractivity contribution in [1.29, 1.82) is 0 Å². The predicted octanol–water partition coefficient (Wildman–Crippen LogP) is 6.95. The van der Waals surface area contributed by atoms with Crippen LogP contribution >= 0.6 is 0 Å². The number of carbonyl (C=O) groups is 4. The highest BCUT2D eigenvalue weighted by Gasteiger charge is 2.27. The van der Waals surface area contributed by atoms with E-state index in [1.54, 1.807) is 27.7 Å². The van der Waals surface area contributed by atoms with E-state index in [1.165, 1.54) is 0 Å². The van der Waals surface area contributed by atoms with Gasteiger partial charge in [-0.2, -0.15) is 0 Å². The summed E-state index contributed by atoms with van der Waals surface area (Å²) < 4.78 is 18.6. The van der Waals surface area contributed by atoms with Crippen LogP contribution in [0.25, 0.3) is 0 Å². The molecule has 0 N–H and O–H groups in total. The number of ether oxygens (including phenoxy) is 4. The van der Waals surface area contributed by atoms with Crippen LogP contribution in [0.2, 0.25) is 0 Å². The third-order valence-electron chi connectivity index (χ3n) is 3.36. The van der Waals surface area contributed by atoms with Crippen LogP contribution in [0.3, 0.4) is 0 Å². The van der Waals surface area contributed by atoms with Gasteiger partial charge in [0.2, 0.25) is 5.92 Å². The molecule has 0 aliphatic carbocycles. The molecule has 0 bridgehead atoms. The van der Waals surface area contributed by atoms with E-state index in [4.69, 9.17) is 15.9 Å². The third-order valence-corrected chi connectivity index (χ3v) is 3.36. The van der Waals surface area contributed by atoms with E-state index in [-0.39, 0.29) is 71.7 Å². The Kier molecular flexibility index (Phi) is 31.4. The first kappa shape index (κ1) is 42.5. The summed E-state index contributed by atoms with van der Waals surface area (Å²) in [6.45, 7) is 7.41. The molecule has 0 heterocycles. The summed E-state index contributed by atoms with van der Waals surface area (Å²) in [5.74, 6) is 46.7. The van der Waals surface area contributed by atoms with Crippen molar-refractivity contribution in [2.24, 2.45) is 5.92 Å². The predicted molar refractivity (Wildman–Crippen MR) is 214 cm³/mol. The molecule has 0 aromatic rings. The Morgan fingerprint density at radius 3 is 1.02 bits per heavy atom. The maximum absolute atomic E-state index is 11.7. The molecule has 0 saturated carbocycles. The number of hydrogen-bond acceptors (Lipinski definition) is 8. The van der Waals surface area contributed by atoms with Gasteiger partial charge in [0, 0.05) is 55.1 Å². The van der Waals surface area contributed by atoms with Gasteiger partial charge in [0.15, 0.2) is 0 Å². The van der Waals surface area contributed by atoms with Crippen LogP contribution in [0.1, 0.15) is 72.9 Å². The van der Waals surface area contributed by atoms with Crippen molar-refractivity contribution < 1.29 is 69.5 Å². The van der Waals surface area contributed by atoms with E-state index in [0.29, 0.717) is 0 Å². The molecule has 268 valence electrons. The second-order valence-corrected chi connectivity index (χ2v) is 6.39. The van der Waals surface area contributed by atoms with Gasteiger partial charge < -0.3 is 18.9 Å². The van der Waals surface area contributed by atoms with E-state index in [9.17, 15) is 19.2 Å². The lowest BCUT2D eigenvalue weighted by molar-refractivity contribution is -0.159. The first-order valence-electron chi connectivity index (χ1n) is 12.5. The topological polar surface area (TPSA) is 105 Å². The monoisotopic (exact) mass is 645 g/mol. The highest BCUT2D eigenvalue weighted by molar-refractivity contribution is 5.98. The maximum Gasteiger partial charge on any atom is 0.332 e. The summed E-state index contributed by atoms with van der Waals surface area (Å²) in [4.78, 5) is 44.7. The highest BCUT2D eigenvalue weighted by atomic mass is 16.6. The number of terminal acetylenes is 1. The van der Waals surface area contributed by atoms with Crippen molar-refractivity contribution in [2.75, 3.05) is 26.4 Å². The average molecular weight is 645 g/mol. The molecule has 0 spiro atoms. The van der Waals surface area contributed by atoms with Crippen LogP contribution in [0.5, 0.6) is 0 Å². The molecule has 0 aromatic carbocycles. The Labute approximate surface area is 299 Å². The zero-order valence-electron chi connectivity index (χ0n) is 24.5. The van der Waals surface area contributed by atoms with E-state index < -0.39 is 29.8 Å². The van der Waals surface area contributed by atoms with Gasteiger partial charge >= 0.3 is 23.9 Å². The molecule has 0 unspecified atom stereocenters. The SMILES string of the molecule is C.C#CC#CC#CC#CC#CC#CC#CC#CC#CC#CC#CC(C(=O)OCC)C(=O)OCC.CCOC(=O)CC(=O)OCC.[HH].[HH].[HH].[HH].[HH].[HH].[HH].[HH].[HH].[HH].[HH].[HH].[HH].[HH].[HH].[HH].[HH].[HH].[HH].[HH].[HH].[HH]. The standard InChI is InChI=1S/C29H12O4.C7H12O4.CH4.22H2/c1-4-7-8-9-10-11-12-13-14-15-16-17-18-19-20-21-22-23-24-25-26-27(28(30)32-5-2)29(31)33-6-3;1-3-10-6(8)5-7(9)11-4-2;;;;;;;;;;;;;;;;;;;;;;;/h1,27H,5-6H2,2-3H3;3-5H2,1-2H3;1H4;22*1H. The smallest absolute Gasteiger partial charge is 0.332 e. The van der Waals surface area contributed by atoms with Gasteiger partial charge in [0.1, 0.15) is 6.42 Å². The van der Waals surface area contributed by atoms with Crippen molar-refractivity contribution in [3.63, 3.8) is 0 Å². The molecule has 0 amide bonds. The number of esters is 4. The van der Waals surface area contributed by atoms with Crippen molar-refractivity contribution >= 4 is 23.9 Å². The van der Waals surface area contributed by atoms with E-state index in [2.05, 4.69) is 134 Å². The zero-order chi connectivity index (χ0) is 33.1. The molecule has 0 aliphatic heterocycles. The average Bonchev–Trinajstić information content (AvgIpc) is 2.98. The maximum atomic E-state index is 11.7. The fourth-order valence-electron chi connectivity index (χ4n) is 1.88. The van der Waals surface area contributed by atoms with Gasteiger partial charge in [-0.05, 0) is 122 Å². The molecule has 0 fully saturated rings. The summed E-state index contributed by atoms with van der Waals surface area (Å²) in [6, 6.07) is 0. The van der Waals surface area contributed by atoms with Crippen LogP contribution in [0.15, 0.2) is 0 Å². The first-order valence-corrected chi connectivity index (χ1v) is 12.5. The van der Waals surface area contributed by atoms with E-state index >= 15 is 0 Å². The van der Waals surface area contributed by atoms with Crippen molar-refractivity contribution in [2.45, 2.75) is 41.5 Å². The molecule has 0 aromatic heterocycles. The van der Waals surface area contributed by atoms with Gasteiger partial charge in [-0.1, -0.05) is 13.3 Å². The van der Waals surface area contributed by atoms with Gasteiger partial charge in [-0.25, -0.2) is 0 Å². The van der Waals surface area contributed by atoms with Crippen LogP contribution in [0, 0.1) is 137 Å². The van der Waals surface area contributed by atoms with Gasteiger partial charge in [0.05, 0.1) is 26.4 Å². The van der Waals surface area contributed by atoms with Gasteiger partial charge in [-0.15, -0.1) is 6.42 Å². The highest BCUT2D eigenvalue weighted by Crippen LogP contribution is 2.02. The first-order chi connectivity index (χ1) is 21.4. The Morgan fingerprint density at radius 1 is 0.489 bits per heavy atom. The van der Waals surface area contributed by atoms with Crippen molar-refractivity contribution in [3.8, 4) is 131 Å². The second-order valence-electron chi connectivity index (χ2n) is 6.39. The molecule has 0 rings (SSSR count). The molecule has 45 heavy (non-hydrogen) atoms. The van der Waals surface area contributed by atoms with Gasteiger partial charge in [0.25, 0.3) is 0 Å². The summed E-state index contributed by atoms with van der Waals surface area (Å²) in [5.41, 5.74) is 0. The normalized spacial score (nSPS) is 6.58. The van der Waals surface area contributed by atoms with Crippen LogP contribution in [0.4, 0.5) is 0 Å². The molecule has 0 atom stereocenters. The third kappa shape index (κ3) is 29.8. The Morgan fingerprint density at radius 2 is 0.756 bits per heavy atom. The minimum atomic E-state index is -1.35. The fourth-order valence-corrected chi connectivity index (χ4v) is 1.88. The van der Waals surface area contributed by atoms with Crippen LogP contribution in [-0.2, 0) is 38.1 Å². The summed E-state index contributed by atoms with van der Waals surface area (Å²) in [6.07, 6.45) is 4.63.